The molecule has 15 heavy (non-hydrogen) atoms. The van der Waals surface area contributed by atoms with Crippen molar-refractivity contribution in [3.63, 3.8) is 0 Å². The Balaban J connectivity index is 1.67. The summed E-state index contributed by atoms with van der Waals surface area (Å²) in [5.74, 6) is 1.18. The van der Waals surface area contributed by atoms with Crippen LogP contribution in [0.15, 0.2) is 0 Å². The number of hydrogen-bond acceptors (Lipinski definition) is 2. The van der Waals surface area contributed by atoms with E-state index in [0.29, 0.717) is 0 Å². The molecule has 86 valence electrons. The first-order valence-corrected chi connectivity index (χ1v) is 6.29. The fourth-order valence-corrected chi connectivity index (χ4v) is 2.86. The van der Waals surface area contributed by atoms with E-state index < -0.39 is 0 Å². The Labute approximate surface area is 91.8 Å². The molecule has 2 rings (SSSR count). The highest BCUT2D eigenvalue weighted by Crippen LogP contribution is 2.26. The zero-order valence-corrected chi connectivity index (χ0v) is 9.37. The average Bonchev–Trinajstić information content (AvgIpc) is 2.84. The summed E-state index contributed by atoms with van der Waals surface area (Å²) in [6, 6.07) is 0.257. The molecule has 2 aliphatic rings. The highest BCUT2D eigenvalue weighted by atomic mass is 16.1. The molecule has 0 heterocycles. The van der Waals surface area contributed by atoms with Crippen LogP contribution >= 0.6 is 0 Å². The third-order valence-corrected chi connectivity index (χ3v) is 3.88. The smallest absolute Gasteiger partial charge is 0.223 e. The standard InChI is InChI=1S/C12H22N2O/c13-11-6-5-10(7-11)12(15)14-8-9-3-1-2-4-9/h9-11H,1-8,13H2,(H,14,15). The van der Waals surface area contributed by atoms with E-state index in [-0.39, 0.29) is 17.9 Å². The van der Waals surface area contributed by atoms with Gasteiger partial charge in [0.25, 0.3) is 0 Å². The summed E-state index contributed by atoms with van der Waals surface area (Å²) in [6.45, 7) is 0.893. The van der Waals surface area contributed by atoms with Crippen molar-refractivity contribution in [3.8, 4) is 0 Å². The maximum atomic E-state index is 11.8. The van der Waals surface area contributed by atoms with Gasteiger partial charge in [0.15, 0.2) is 0 Å². The van der Waals surface area contributed by atoms with Crippen LogP contribution in [0.25, 0.3) is 0 Å². The van der Waals surface area contributed by atoms with E-state index >= 15 is 0 Å². The summed E-state index contributed by atoms with van der Waals surface area (Å²) in [7, 11) is 0. The fourth-order valence-electron chi connectivity index (χ4n) is 2.86. The first-order valence-electron chi connectivity index (χ1n) is 6.29. The van der Waals surface area contributed by atoms with Gasteiger partial charge in [-0.3, -0.25) is 4.79 Å². The molecule has 2 aliphatic carbocycles. The van der Waals surface area contributed by atoms with Crippen molar-refractivity contribution in [1.82, 2.24) is 5.32 Å². The Hall–Kier alpha value is -0.570. The maximum absolute atomic E-state index is 11.8. The average molecular weight is 210 g/mol. The minimum atomic E-state index is 0.196. The first-order chi connectivity index (χ1) is 7.25. The predicted molar refractivity (Wildman–Crippen MR) is 60.3 cm³/mol. The summed E-state index contributed by atoms with van der Waals surface area (Å²) in [4.78, 5) is 11.8. The first kappa shape index (κ1) is 10.9. The second-order valence-corrected chi connectivity index (χ2v) is 5.17. The van der Waals surface area contributed by atoms with Gasteiger partial charge in [-0.15, -0.1) is 0 Å². The molecule has 0 radical (unpaired) electrons. The molecule has 0 aromatic carbocycles. The number of carbonyl (C=O) groups is 1. The van der Waals surface area contributed by atoms with Crippen LogP contribution in [0.3, 0.4) is 0 Å². The van der Waals surface area contributed by atoms with Crippen LogP contribution in [-0.4, -0.2) is 18.5 Å². The van der Waals surface area contributed by atoms with Gasteiger partial charge in [0.2, 0.25) is 5.91 Å². The lowest BCUT2D eigenvalue weighted by atomic mass is 10.1. The van der Waals surface area contributed by atoms with E-state index in [1.54, 1.807) is 0 Å². The molecule has 3 N–H and O–H groups in total. The second kappa shape index (κ2) is 4.97. The zero-order chi connectivity index (χ0) is 10.7. The van der Waals surface area contributed by atoms with Crippen LogP contribution in [0, 0.1) is 11.8 Å². The molecule has 3 heteroatoms. The Morgan fingerprint density at radius 1 is 1.20 bits per heavy atom. The SMILES string of the molecule is NC1CCC(C(=O)NCC2CCCC2)C1. The van der Waals surface area contributed by atoms with E-state index in [9.17, 15) is 4.79 Å². The summed E-state index contributed by atoms with van der Waals surface area (Å²) >= 11 is 0. The monoisotopic (exact) mass is 210 g/mol. The van der Waals surface area contributed by atoms with Crippen LogP contribution < -0.4 is 11.1 Å². The highest BCUT2D eigenvalue weighted by molar-refractivity contribution is 5.78. The number of nitrogens with two attached hydrogens (primary N) is 1. The highest BCUT2D eigenvalue weighted by Gasteiger charge is 2.28. The summed E-state index contributed by atoms with van der Waals surface area (Å²) in [6.07, 6.45) is 8.16. The van der Waals surface area contributed by atoms with Gasteiger partial charge in [0.1, 0.15) is 0 Å². The fraction of sp³-hybridized carbons (Fsp3) is 0.917. The third-order valence-electron chi connectivity index (χ3n) is 3.88. The molecule has 2 unspecified atom stereocenters. The molecule has 2 fully saturated rings. The summed E-state index contributed by atoms with van der Waals surface area (Å²) < 4.78 is 0. The number of carbonyl (C=O) groups excluding carboxylic acids is 1. The minimum absolute atomic E-state index is 0.196. The van der Waals surface area contributed by atoms with Crippen molar-refractivity contribution in [2.24, 2.45) is 17.6 Å². The van der Waals surface area contributed by atoms with Crippen molar-refractivity contribution in [3.05, 3.63) is 0 Å². The molecule has 3 nitrogen and oxygen atoms in total. The molecule has 0 saturated heterocycles. The van der Waals surface area contributed by atoms with Crippen molar-refractivity contribution in [1.29, 1.82) is 0 Å². The third kappa shape index (κ3) is 2.94. The molecule has 0 aromatic heterocycles. The Morgan fingerprint density at radius 2 is 1.93 bits per heavy atom. The molecule has 1 amide bonds. The number of hydrogen-bond donors (Lipinski definition) is 2. The van der Waals surface area contributed by atoms with Crippen LogP contribution in [0.1, 0.15) is 44.9 Å². The van der Waals surface area contributed by atoms with Crippen LogP contribution in [0.4, 0.5) is 0 Å². The van der Waals surface area contributed by atoms with Crippen LogP contribution in [0.5, 0.6) is 0 Å². The van der Waals surface area contributed by atoms with E-state index in [2.05, 4.69) is 5.32 Å². The van der Waals surface area contributed by atoms with Gasteiger partial charge in [0.05, 0.1) is 0 Å². The van der Waals surface area contributed by atoms with Gasteiger partial charge in [-0.1, -0.05) is 12.8 Å². The maximum Gasteiger partial charge on any atom is 0.223 e. The normalized spacial score (nSPS) is 32.1. The predicted octanol–water partition coefficient (Wildman–Crippen LogP) is 1.42. The van der Waals surface area contributed by atoms with Crippen molar-refractivity contribution >= 4 is 5.91 Å². The lowest BCUT2D eigenvalue weighted by Crippen LogP contribution is -2.33. The Morgan fingerprint density at radius 3 is 2.53 bits per heavy atom. The minimum Gasteiger partial charge on any atom is -0.356 e. The molecular formula is C12H22N2O. The van der Waals surface area contributed by atoms with Gasteiger partial charge < -0.3 is 11.1 Å². The molecule has 2 saturated carbocycles. The van der Waals surface area contributed by atoms with E-state index in [1.165, 1.54) is 25.7 Å². The molecular weight excluding hydrogens is 188 g/mol. The van der Waals surface area contributed by atoms with Crippen LogP contribution in [-0.2, 0) is 4.79 Å². The van der Waals surface area contributed by atoms with Crippen molar-refractivity contribution in [2.45, 2.75) is 51.0 Å². The molecule has 0 aliphatic heterocycles. The Kier molecular flexibility index (Phi) is 3.62. The zero-order valence-electron chi connectivity index (χ0n) is 9.37. The van der Waals surface area contributed by atoms with Gasteiger partial charge >= 0.3 is 0 Å². The summed E-state index contributed by atoms with van der Waals surface area (Å²) in [5.41, 5.74) is 5.80. The van der Waals surface area contributed by atoms with E-state index in [4.69, 9.17) is 5.73 Å². The number of nitrogens with one attached hydrogen (secondary N) is 1. The number of amides is 1. The molecule has 0 aromatic rings. The lowest BCUT2D eigenvalue weighted by molar-refractivity contribution is -0.125. The number of rotatable bonds is 3. The van der Waals surface area contributed by atoms with E-state index in [0.717, 1.165) is 31.7 Å². The Bertz CT molecular complexity index is 224. The lowest BCUT2D eigenvalue weighted by Gasteiger charge is -2.14. The van der Waals surface area contributed by atoms with Gasteiger partial charge in [-0.25, -0.2) is 0 Å². The topological polar surface area (TPSA) is 55.1 Å². The van der Waals surface area contributed by atoms with Gasteiger partial charge in [-0.2, -0.15) is 0 Å². The van der Waals surface area contributed by atoms with Gasteiger partial charge in [-0.05, 0) is 38.0 Å². The van der Waals surface area contributed by atoms with E-state index in [1.807, 2.05) is 0 Å². The second-order valence-electron chi connectivity index (χ2n) is 5.17. The van der Waals surface area contributed by atoms with Crippen molar-refractivity contribution < 1.29 is 4.79 Å². The largest absolute Gasteiger partial charge is 0.356 e. The quantitative estimate of drug-likeness (QED) is 0.740. The van der Waals surface area contributed by atoms with Crippen LogP contribution in [0.2, 0.25) is 0 Å². The molecule has 0 bridgehead atoms. The van der Waals surface area contributed by atoms with Crippen molar-refractivity contribution in [2.75, 3.05) is 6.54 Å². The molecule has 2 atom stereocenters. The summed E-state index contributed by atoms with van der Waals surface area (Å²) in [5, 5.41) is 3.09. The van der Waals surface area contributed by atoms with Gasteiger partial charge in [0, 0.05) is 18.5 Å². The molecule has 0 spiro atoms.